The fourth-order valence-corrected chi connectivity index (χ4v) is 7.56. The Balaban J connectivity index is 1.48. The Morgan fingerprint density at radius 2 is 1.80 bits per heavy atom. The second-order valence-corrected chi connectivity index (χ2v) is 13.5. The Labute approximate surface area is 257 Å². The lowest BCUT2D eigenvalue weighted by Gasteiger charge is -2.31. The number of halogens is 3. The maximum atomic E-state index is 16.2. The molecule has 0 amide bonds. The number of carbonyl (C=O) groups is 1. The average molecular weight is 699 g/mol. The standard InChI is InChI=1S/C31H49F2IO7/c1-3-4-10-21(32)23(39-27-13-5-7-17-37-27)16-15-20-24(40-28-14-6-8-18-38-28)19-25-29(20)30(33)31(41-25)22(34)11-9-12-26(35)36-2/h15-16,20-25,27-31H,3-14,17-19H2,1-2H3/b16-15+/t20-,21?,22?,23+,24+,25+,27?,28?,29+,30?,31-/m0/s1. The number of hydrogen-bond acceptors (Lipinski definition) is 7. The van der Waals surface area contributed by atoms with Gasteiger partial charge in [-0.25, -0.2) is 8.78 Å². The zero-order valence-corrected chi connectivity index (χ0v) is 26.8. The van der Waals surface area contributed by atoms with E-state index < -0.39 is 36.8 Å². The van der Waals surface area contributed by atoms with Crippen molar-refractivity contribution >= 4 is 28.6 Å². The van der Waals surface area contributed by atoms with Gasteiger partial charge in [-0.3, -0.25) is 4.79 Å². The monoisotopic (exact) mass is 698 g/mol. The summed E-state index contributed by atoms with van der Waals surface area (Å²) < 4.78 is 66.9. The number of unbranched alkanes of at least 4 members (excludes halogenated alkanes) is 1. The van der Waals surface area contributed by atoms with Crippen LogP contribution in [0.5, 0.6) is 0 Å². The maximum absolute atomic E-state index is 16.2. The molecule has 236 valence electrons. The van der Waals surface area contributed by atoms with Gasteiger partial charge >= 0.3 is 5.97 Å². The molecule has 0 aromatic carbocycles. The molecule has 11 atom stereocenters. The Kier molecular flexibility index (Phi) is 14.0. The Morgan fingerprint density at radius 1 is 1.07 bits per heavy atom. The predicted octanol–water partition coefficient (Wildman–Crippen LogP) is 6.78. The summed E-state index contributed by atoms with van der Waals surface area (Å²) >= 11 is 2.25. The highest BCUT2D eigenvalue weighted by Gasteiger charge is 2.57. The normalized spacial score (nSPS) is 36.2. The molecular weight excluding hydrogens is 649 g/mol. The number of ether oxygens (including phenoxy) is 6. The summed E-state index contributed by atoms with van der Waals surface area (Å²) in [6.45, 7) is 3.33. The molecule has 0 radical (unpaired) electrons. The third-order valence-corrected chi connectivity index (χ3v) is 10.2. The van der Waals surface area contributed by atoms with E-state index >= 15 is 8.78 Å². The first kappa shape index (κ1) is 33.5. The van der Waals surface area contributed by atoms with E-state index in [4.69, 9.17) is 28.4 Å². The van der Waals surface area contributed by atoms with E-state index in [2.05, 4.69) is 22.6 Å². The van der Waals surface area contributed by atoms with E-state index in [0.717, 1.165) is 51.4 Å². The van der Waals surface area contributed by atoms with E-state index in [1.165, 1.54) is 7.11 Å². The van der Waals surface area contributed by atoms with E-state index in [9.17, 15) is 4.79 Å². The van der Waals surface area contributed by atoms with Gasteiger partial charge in [0.25, 0.3) is 0 Å². The van der Waals surface area contributed by atoms with Crippen LogP contribution < -0.4 is 0 Å². The zero-order chi connectivity index (χ0) is 29.2. The summed E-state index contributed by atoms with van der Waals surface area (Å²) in [5, 5.41) is 0. The minimum Gasteiger partial charge on any atom is -0.469 e. The molecular formula is C31H49F2IO7. The highest BCUT2D eigenvalue weighted by molar-refractivity contribution is 14.1. The molecule has 4 aliphatic rings. The van der Waals surface area contributed by atoms with Crippen molar-refractivity contribution in [2.45, 2.75) is 144 Å². The third kappa shape index (κ3) is 9.54. The van der Waals surface area contributed by atoms with Crippen LogP contribution in [0.3, 0.4) is 0 Å². The van der Waals surface area contributed by atoms with Gasteiger partial charge in [-0.2, -0.15) is 0 Å². The smallest absolute Gasteiger partial charge is 0.305 e. The molecule has 0 aromatic rings. The van der Waals surface area contributed by atoms with Gasteiger partial charge < -0.3 is 28.4 Å². The van der Waals surface area contributed by atoms with Crippen LogP contribution >= 0.6 is 22.6 Å². The molecule has 5 unspecified atom stereocenters. The number of alkyl halides is 3. The van der Waals surface area contributed by atoms with Crippen molar-refractivity contribution in [1.29, 1.82) is 0 Å². The van der Waals surface area contributed by atoms with Crippen LogP contribution in [0, 0.1) is 11.8 Å². The summed E-state index contributed by atoms with van der Waals surface area (Å²) in [4.78, 5) is 11.5. The fraction of sp³-hybridized carbons (Fsp3) is 0.903. The number of fused-ring (bicyclic) bond motifs is 1. The average Bonchev–Trinajstić information content (AvgIpc) is 3.49. The minimum absolute atomic E-state index is 0.0765. The van der Waals surface area contributed by atoms with Gasteiger partial charge in [0, 0.05) is 41.8 Å². The van der Waals surface area contributed by atoms with Gasteiger partial charge in [-0.1, -0.05) is 54.5 Å². The summed E-state index contributed by atoms with van der Waals surface area (Å²) in [7, 11) is 1.37. The van der Waals surface area contributed by atoms with Crippen molar-refractivity contribution in [2.75, 3.05) is 20.3 Å². The molecule has 0 aromatic heterocycles. The van der Waals surface area contributed by atoms with Crippen molar-refractivity contribution in [3.05, 3.63) is 12.2 Å². The van der Waals surface area contributed by atoms with E-state index in [0.29, 0.717) is 45.3 Å². The SMILES string of the molecule is CCCCC(F)[C@@H](/C=C/[C@@H]1[C@H]2C(F)[C@H](C(I)CCCC(=O)OC)O[C@@H]2C[C@H]1OC1CCCCO1)OC1CCCCO1. The zero-order valence-electron chi connectivity index (χ0n) is 24.6. The van der Waals surface area contributed by atoms with Crippen LogP contribution in [0.2, 0.25) is 0 Å². The maximum Gasteiger partial charge on any atom is 0.305 e. The number of rotatable bonds is 15. The highest BCUT2D eigenvalue weighted by atomic mass is 127. The second kappa shape index (κ2) is 17.2. The second-order valence-electron chi connectivity index (χ2n) is 11.9. The van der Waals surface area contributed by atoms with Crippen LogP contribution in [0.25, 0.3) is 0 Å². The molecule has 4 fully saturated rings. The van der Waals surface area contributed by atoms with Crippen LogP contribution in [-0.4, -0.2) is 79.6 Å². The van der Waals surface area contributed by atoms with Crippen LogP contribution in [-0.2, 0) is 33.2 Å². The van der Waals surface area contributed by atoms with E-state index in [1.54, 1.807) is 6.08 Å². The molecule has 0 N–H and O–H groups in total. The Bertz CT molecular complexity index is 807. The van der Waals surface area contributed by atoms with Gasteiger partial charge in [-0.05, 0) is 57.8 Å². The lowest BCUT2D eigenvalue weighted by Crippen LogP contribution is -2.37. The quantitative estimate of drug-likeness (QED) is 0.0809. The van der Waals surface area contributed by atoms with Gasteiger partial charge in [0.1, 0.15) is 24.6 Å². The number of hydrogen-bond donors (Lipinski definition) is 0. The van der Waals surface area contributed by atoms with Crippen molar-refractivity contribution in [2.24, 2.45) is 11.8 Å². The first-order valence-corrected chi connectivity index (χ1v) is 17.0. The molecule has 3 heterocycles. The third-order valence-electron chi connectivity index (χ3n) is 8.85. The molecule has 4 rings (SSSR count). The van der Waals surface area contributed by atoms with Gasteiger partial charge in [0.2, 0.25) is 0 Å². The van der Waals surface area contributed by atoms with Crippen molar-refractivity contribution in [1.82, 2.24) is 0 Å². The summed E-state index contributed by atoms with van der Waals surface area (Å²) in [6, 6.07) is 0. The molecule has 41 heavy (non-hydrogen) atoms. The van der Waals surface area contributed by atoms with Crippen molar-refractivity contribution in [3.8, 4) is 0 Å². The summed E-state index contributed by atoms with van der Waals surface area (Å²) in [5.41, 5.74) is 0. The predicted molar refractivity (Wildman–Crippen MR) is 159 cm³/mol. The molecule has 1 saturated carbocycles. The summed E-state index contributed by atoms with van der Waals surface area (Å²) in [5.74, 6) is -0.950. The molecule has 1 aliphatic carbocycles. The van der Waals surface area contributed by atoms with Crippen molar-refractivity contribution < 1.29 is 42.0 Å². The fourth-order valence-electron chi connectivity index (χ4n) is 6.55. The lowest BCUT2D eigenvalue weighted by molar-refractivity contribution is -0.195. The molecule has 3 saturated heterocycles. The molecule has 0 bridgehead atoms. The number of carbonyl (C=O) groups excluding carboxylic acids is 1. The molecule has 10 heteroatoms. The first-order valence-electron chi connectivity index (χ1n) is 15.8. The van der Waals surface area contributed by atoms with Gasteiger partial charge in [0.15, 0.2) is 12.6 Å². The van der Waals surface area contributed by atoms with E-state index in [1.807, 2.05) is 13.0 Å². The summed E-state index contributed by atoms with van der Waals surface area (Å²) in [6.07, 6.45) is 8.56. The topological polar surface area (TPSA) is 72.5 Å². The molecule has 0 spiro atoms. The Hall–Kier alpha value is -0.400. The first-order chi connectivity index (χ1) is 19.9. The van der Waals surface area contributed by atoms with Gasteiger partial charge in [-0.15, -0.1) is 0 Å². The van der Waals surface area contributed by atoms with Crippen LogP contribution in [0.15, 0.2) is 12.2 Å². The van der Waals surface area contributed by atoms with E-state index in [-0.39, 0.29) is 34.3 Å². The molecule has 7 nitrogen and oxygen atoms in total. The van der Waals surface area contributed by atoms with Crippen molar-refractivity contribution in [3.63, 3.8) is 0 Å². The lowest BCUT2D eigenvalue weighted by atomic mass is 9.87. The minimum atomic E-state index is -1.20. The van der Waals surface area contributed by atoms with Gasteiger partial charge in [0.05, 0.1) is 19.3 Å². The molecule has 3 aliphatic heterocycles. The number of esters is 1. The highest BCUT2D eigenvalue weighted by Crippen LogP contribution is 2.49. The largest absolute Gasteiger partial charge is 0.469 e. The Morgan fingerprint density at radius 3 is 2.46 bits per heavy atom. The van der Waals surface area contributed by atoms with Crippen LogP contribution in [0.1, 0.15) is 90.4 Å². The van der Waals surface area contributed by atoms with Crippen LogP contribution in [0.4, 0.5) is 8.78 Å². The number of methoxy groups -OCH3 is 1.